The number of allylic oxidation sites excluding steroid dienone is 1. The molecule has 0 saturated heterocycles. The van der Waals surface area contributed by atoms with Gasteiger partial charge in [-0.3, -0.25) is 0 Å². The molecular formula is C10H14ClN3. The molecule has 1 aromatic rings. The summed E-state index contributed by atoms with van der Waals surface area (Å²) in [4.78, 5) is 0. The van der Waals surface area contributed by atoms with Gasteiger partial charge in [0, 0.05) is 6.54 Å². The summed E-state index contributed by atoms with van der Waals surface area (Å²) in [5.74, 6) is 0.761. The molecule has 4 heteroatoms. The lowest BCUT2D eigenvalue weighted by Gasteiger charge is -2.01. The lowest BCUT2D eigenvalue weighted by Crippen LogP contribution is -2.02. The van der Waals surface area contributed by atoms with Gasteiger partial charge in [0.25, 0.3) is 0 Å². The van der Waals surface area contributed by atoms with Crippen LogP contribution in [0.4, 0.5) is 5.82 Å². The van der Waals surface area contributed by atoms with Gasteiger partial charge in [0.15, 0.2) is 5.15 Å². The molecule has 0 bridgehead atoms. The van der Waals surface area contributed by atoms with Crippen molar-refractivity contribution in [1.82, 2.24) is 10.2 Å². The van der Waals surface area contributed by atoms with Crippen molar-refractivity contribution in [3.8, 4) is 0 Å². The Bertz CT molecular complexity index is 302. The molecule has 0 aliphatic heterocycles. The van der Waals surface area contributed by atoms with Crippen LogP contribution in [0.15, 0.2) is 23.8 Å². The van der Waals surface area contributed by atoms with Gasteiger partial charge in [-0.15, -0.1) is 10.2 Å². The van der Waals surface area contributed by atoms with Gasteiger partial charge in [0.1, 0.15) is 5.82 Å². The third-order valence-electron chi connectivity index (χ3n) is 1.64. The number of hydrogen-bond acceptors (Lipinski definition) is 3. The zero-order valence-corrected chi connectivity index (χ0v) is 9.17. The van der Waals surface area contributed by atoms with E-state index in [0.717, 1.165) is 18.8 Å². The largest absolute Gasteiger partial charge is 0.368 e. The van der Waals surface area contributed by atoms with Crippen LogP contribution in [0, 0.1) is 0 Å². The molecule has 0 unspecified atom stereocenters. The van der Waals surface area contributed by atoms with Crippen molar-refractivity contribution in [1.29, 1.82) is 0 Å². The Kier molecular flexibility index (Phi) is 4.40. The molecule has 1 heterocycles. The van der Waals surface area contributed by atoms with Crippen molar-refractivity contribution < 1.29 is 0 Å². The van der Waals surface area contributed by atoms with Gasteiger partial charge >= 0.3 is 0 Å². The van der Waals surface area contributed by atoms with Crippen LogP contribution in [0.3, 0.4) is 0 Å². The highest BCUT2D eigenvalue weighted by Gasteiger charge is 1.93. The van der Waals surface area contributed by atoms with Gasteiger partial charge in [-0.05, 0) is 32.4 Å². The second kappa shape index (κ2) is 5.60. The van der Waals surface area contributed by atoms with E-state index in [-0.39, 0.29) is 0 Å². The number of halogens is 1. The minimum Gasteiger partial charge on any atom is -0.368 e. The summed E-state index contributed by atoms with van der Waals surface area (Å²) < 4.78 is 0. The highest BCUT2D eigenvalue weighted by molar-refractivity contribution is 6.29. The number of nitrogens with zero attached hydrogens (tertiary/aromatic N) is 2. The Morgan fingerprint density at radius 2 is 2.21 bits per heavy atom. The minimum absolute atomic E-state index is 0.417. The normalized spacial score (nSPS) is 9.64. The van der Waals surface area contributed by atoms with Crippen molar-refractivity contribution in [2.45, 2.75) is 20.3 Å². The SMILES string of the molecule is CC(C)=CCCNc1ccc(Cl)nn1. The van der Waals surface area contributed by atoms with Crippen LogP contribution < -0.4 is 5.32 Å². The molecule has 0 aliphatic rings. The quantitative estimate of drug-likeness (QED) is 0.615. The smallest absolute Gasteiger partial charge is 0.151 e. The molecule has 0 aliphatic carbocycles. The molecular weight excluding hydrogens is 198 g/mol. The van der Waals surface area contributed by atoms with Crippen LogP contribution in [0.25, 0.3) is 0 Å². The Morgan fingerprint density at radius 3 is 2.79 bits per heavy atom. The maximum Gasteiger partial charge on any atom is 0.151 e. The molecule has 0 amide bonds. The number of rotatable bonds is 4. The van der Waals surface area contributed by atoms with Crippen LogP contribution in [-0.4, -0.2) is 16.7 Å². The maximum atomic E-state index is 5.60. The van der Waals surface area contributed by atoms with E-state index < -0.39 is 0 Å². The zero-order valence-electron chi connectivity index (χ0n) is 8.42. The second-order valence-electron chi connectivity index (χ2n) is 3.24. The second-order valence-corrected chi connectivity index (χ2v) is 3.63. The zero-order chi connectivity index (χ0) is 10.4. The standard InChI is InChI=1S/C10H14ClN3/c1-8(2)4-3-7-12-10-6-5-9(11)13-14-10/h4-6H,3,7H2,1-2H3,(H,12,14). The first-order valence-corrected chi connectivity index (χ1v) is 4.93. The molecule has 76 valence electrons. The first-order valence-electron chi connectivity index (χ1n) is 4.55. The van der Waals surface area contributed by atoms with E-state index in [1.165, 1.54) is 5.57 Å². The fourth-order valence-electron chi connectivity index (χ4n) is 0.971. The molecule has 1 aromatic heterocycles. The molecule has 0 spiro atoms. The number of nitrogens with one attached hydrogen (secondary N) is 1. The highest BCUT2D eigenvalue weighted by atomic mass is 35.5. The highest BCUT2D eigenvalue weighted by Crippen LogP contribution is 2.05. The van der Waals surface area contributed by atoms with Crippen LogP contribution in [0.5, 0.6) is 0 Å². The average Bonchev–Trinajstić information content (AvgIpc) is 2.15. The molecule has 0 radical (unpaired) electrons. The van der Waals surface area contributed by atoms with Gasteiger partial charge in [-0.1, -0.05) is 23.3 Å². The lowest BCUT2D eigenvalue weighted by atomic mass is 10.3. The first-order chi connectivity index (χ1) is 6.68. The summed E-state index contributed by atoms with van der Waals surface area (Å²) in [5.41, 5.74) is 1.33. The fourth-order valence-corrected chi connectivity index (χ4v) is 1.07. The number of anilines is 1. The van der Waals surface area contributed by atoms with E-state index >= 15 is 0 Å². The average molecular weight is 212 g/mol. The Hall–Kier alpha value is -1.09. The van der Waals surface area contributed by atoms with E-state index in [9.17, 15) is 0 Å². The molecule has 14 heavy (non-hydrogen) atoms. The predicted octanol–water partition coefficient (Wildman–Crippen LogP) is 2.90. The summed E-state index contributed by atoms with van der Waals surface area (Å²) in [6, 6.07) is 3.54. The molecule has 0 aromatic carbocycles. The monoisotopic (exact) mass is 211 g/mol. The Morgan fingerprint density at radius 1 is 1.43 bits per heavy atom. The summed E-state index contributed by atoms with van der Waals surface area (Å²) in [5, 5.41) is 11.2. The maximum absolute atomic E-state index is 5.60. The third kappa shape index (κ3) is 4.23. The minimum atomic E-state index is 0.417. The first kappa shape index (κ1) is 11.0. The molecule has 1 N–H and O–H groups in total. The van der Waals surface area contributed by atoms with Crippen LogP contribution >= 0.6 is 11.6 Å². The van der Waals surface area contributed by atoms with E-state index in [2.05, 4.69) is 35.4 Å². The fraction of sp³-hybridized carbons (Fsp3) is 0.400. The van der Waals surface area contributed by atoms with Gasteiger partial charge in [-0.2, -0.15) is 0 Å². The number of aromatic nitrogens is 2. The van der Waals surface area contributed by atoms with E-state index in [1.807, 2.05) is 6.07 Å². The van der Waals surface area contributed by atoms with Crippen molar-refractivity contribution in [2.24, 2.45) is 0 Å². The Labute approximate surface area is 89.2 Å². The molecule has 1 rings (SSSR count). The molecule has 0 fully saturated rings. The molecule has 3 nitrogen and oxygen atoms in total. The summed E-state index contributed by atoms with van der Waals surface area (Å²) in [7, 11) is 0. The van der Waals surface area contributed by atoms with Crippen LogP contribution in [-0.2, 0) is 0 Å². The lowest BCUT2D eigenvalue weighted by molar-refractivity contribution is 0.980. The number of hydrogen-bond donors (Lipinski definition) is 1. The van der Waals surface area contributed by atoms with E-state index in [0.29, 0.717) is 5.15 Å². The predicted molar refractivity (Wildman–Crippen MR) is 59.6 cm³/mol. The summed E-state index contributed by atoms with van der Waals surface area (Å²) >= 11 is 5.60. The molecule has 0 saturated carbocycles. The Balaban J connectivity index is 2.32. The van der Waals surface area contributed by atoms with Crippen molar-refractivity contribution in [2.75, 3.05) is 11.9 Å². The molecule has 0 atom stereocenters. The van der Waals surface area contributed by atoms with Gasteiger partial charge < -0.3 is 5.32 Å². The van der Waals surface area contributed by atoms with Crippen molar-refractivity contribution in [3.05, 3.63) is 28.9 Å². The van der Waals surface area contributed by atoms with Gasteiger partial charge in [0.05, 0.1) is 0 Å². The van der Waals surface area contributed by atoms with E-state index in [1.54, 1.807) is 6.07 Å². The topological polar surface area (TPSA) is 37.8 Å². The van der Waals surface area contributed by atoms with Crippen LogP contribution in [0.1, 0.15) is 20.3 Å². The van der Waals surface area contributed by atoms with E-state index in [4.69, 9.17) is 11.6 Å². The van der Waals surface area contributed by atoms with Gasteiger partial charge in [-0.25, -0.2) is 0 Å². The van der Waals surface area contributed by atoms with Gasteiger partial charge in [0.2, 0.25) is 0 Å². The third-order valence-corrected chi connectivity index (χ3v) is 1.84. The van der Waals surface area contributed by atoms with Crippen molar-refractivity contribution >= 4 is 17.4 Å². The van der Waals surface area contributed by atoms with Crippen LogP contribution in [0.2, 0.25) is 5.15 Å². The summed E-state index contributed by atoms with van der Waals surface area (Å²) in [6.45, 7) is 5.03. The summed E-state index contributed by atoms with van der Waals surface area (Å²) in [6.07, 6.45) is 3.17. The van der Waals surface area contributed by atoms with Crippen molar-refractivity contribution in [3.63, 3.8) is 0 Å².